The molecule has 1 atom stereocenters. The fourth-order valence-corrected chi connectivity index (χ4v) is 3.57. The van der Waals surface area contributed by atoms with Gasteiger partial charge in [0.2, 0.25) is 0 Å². The van der Waals surface area contributed by atoms with E-state index in [1.807, 2.05) is 12.1 Å². The van der Waals surface area contributed by atoms with Gasteiger partial charge in [0.25, 0.3) is 0 Å². The average Bonchev–Trinajstić information content (AvgIpc) is 2.45. The molecular formula is C16H23NO3S. The minimum Gasteiger partial charge on any atom is -0.478 e. The summed E-state index contributed by atoms with van der Waals surface area (Å²) in [4.78, 5) is 14.4. The summed E-state index contributed by atoms with van der Waals surface area (Å²) in [7, 11) is 0. The second-order valence-electron chi connectivity index (χ2n) is 5.76. The number of morpholine rings is 1. The van der Waals surface area contributed by atoms with Crippen LogP contribution >= 0.6 is 11.8 Å². The molecule has 0 aliphatic carbocycles. The second-order valence-corrected chi connectivity index (χ2v) is 6.82. The van der Waals surface area contributed by atoms with Crippen molar-refractivity contribution in [2.24, 2.45) is 5.92 Å². The Morgan fingerprint density at radius 1 is 1.48 bits per heavy atom. The first kappa shape index (κ1) is 16.3. The van der Waals surface area contributed by atoms with Crippen LogP contribution in [0.15, 0.2) is 29.2 Å². The van der Waals surface area contributed by atoms with Gasteiger partial charge < -0.3 is 9.84 Å². The Morgan fingerprint density at radius 3 is 2.95 bits per heavy atom. The summed E-state index contributed by atoms with van der Waals surface area (Å²) in [6.45, 7) is 8.23. The highest BCUT2D eigenvalue weighted by atomic mass is 32.2. The number of carbonyl (C=O) groups is 1. The summed E-state index contributed by atoms with van der Waals surface area (Å²) in [6.07, 6.45) is 0.171. The number of aromatic carboxylic acids is 1. The number of nitrogens with zero attached hydrogens (tertiary/aromatic N) is 1. The first-order valence-corrected chi connectivity index (χ1v) is 8.34. The predicted molar refractivity (Wildman–Crippen MR) is 85.1 cm³/mol. The van der Waals surface area contributed by atoms with Crippen LogP contribution in [0.25, 0.3) is 0 Å². The Balaban J connectivity index is 1.89. The maximum Gasteiger partial charge on any atom is 0.336 e. The van der Waals surface area contributed by atoms with Crippen molar-refractivity contribution in [2.45, 2.75) is 24.8 Å². The summed E-state index contributed by atoms with van der Waals surface area (Å²) >= 11 is 1.57. The lowest BCUT2D eigenvalue weighted by molar-refractivity contribution is -0.0191. The second kappa shape index (κ2) is 7.82. The molecule has 0 amide bonds. The number of carboxylic acids is 1. The van der Waals surface area contributed by atoms with Crippen molar-refractivity contribution in [3.8, 4) is 0 Å². The van der Waals surface area contributed by atoms with E-state index >= 15 is 0 Å². The molecule has 2 rings (SSSR count). The third-order valence-corrected chi connectivity index (χ3v) is 4.59. The smallest absolute Gasteiger partial charge is 0.336 e. The first-order valence-electron chi connectivity index (χ1n) is 7.35. The van der Waals surface area contributed by atoms with E-state index in [0.29, 0.717) is 11.5 Å². The number of hydrogen-bond donors (Lipinski definition) is 1. The Kier molecular flexibility index (Phi) is 6.08. The highest BCUT2D eigenvalue weighted by molar-refractivity contribution is 7.99. The predicted octanol–water partition coefficient (Wildman–Crippen LogP) is 2.83. The molecule has 1 saturated heterocycles. The molecule has 0 saturated carbocycles. The molecule has 116 valence electrons. The Morgan fingerprint density at radius 2 is 2.24 bits per heavy atom. The lowest BCUT2D eigenvalue weighted by Gasteiger charge is -2.33. The van der Waals surface area contributed by atoms with Gasteiger partial charge in [-0.1, -0.05) is 26.0 Å². The lowest BCUT2D eigenvalue weighted by atomic mass is 10.2. The summed E-state index contributed by atoms with van der Waals surface area (Å²) in [5.41, 5.74) is 0.373. The first-order chi connectivity index (χ1) is 10.1. The highest BCUT2D eigenvalue weighted by Gasteiger charge is 2.21. The SMILES string of the molecule is CC(C)CN1CCOC(CSc2ccccc2C(=O)O)C1. The molecule has 1 N–H and O–H groups in total. The zero-order chi connectivity index (χ0) is 15.2. The number of thioether (sulfide) groups is 1. The third kappa shape index (κ3) is 5.02. The van der Waals surface area contributed by atoms with E-state index in [4.69, 9.17) is 4.74 Å². The number of rotatable bonds is 6. The monoisotopic (exact) mass is 309 g/mol. The van der Waals surface area contributed by atoms with Crippen molar-refractivity contribution < 1.29 is 14.6 Å². The molecule has 5 heteroatoms. The van der Waals surface area contributed by atoms with E-state index in [-0.39, 0.29) is 6.10 Å². The zero-order valence-corrected chi connectivity index (χ0v) is 13.4. The van der Waals surface area contributed by atoms with E-state index in [1.54, 1.807) is 23.9 Å². The topological polar surface area (TPSA) is 49.8 Å². The Bertz CT molecular complexity index is 478. The maximum absolute atomic E-state index is 11.2. The molecule has 1 unspecified atom stereocenters. The van der Waals surface area contributed by atoms with E-state index < -0.39 is 5.97 Å². The standard InChI is InChI=1S/C16H23NO3S/c1-12(2)9-17-7-8-20-13(10-17)11-21-15-6-4-3-5-14(15)16(18)19/h3-6,12-13H,7-11H2,1-2H3,(H,18,19). The summed E-state index contributed by atoms with van der Waals surface area (Å²) in [5, 5.41) is 9.19. The van der Waals surface area contributed by atoms with E-state index in [2.05, 4.69) is 18.7 Å². The molecular weight excluding hydrogens is 286 g/mol. The van der Waals surface area contributed by atoms with Gasteiger partial charge in [0, 0.05) is 30.3 Å². The van der Waals surface area contributed by atoms with Crippen LogP contribution in [-0.2, 0) is 4.74 Å². The van der Waals surface area contributed by atoms with Gasteiger partial charge in [0.15, 0.2) is 0 Å². The minimum atomic E-state index is -0.871. The van der Waals surface area contributed by atoms with Gasteiger partial charge in [-0.25, -0.2) is 4.79 Å². The van der Waals surface area contributed by atoms with Crippen LogP contribution in [0.1, 0.15) is 24.2 Å². The fourth-order valence-electron chi connectivity index (χ4n) is 2.52. The van der Waals surface area contributed by atoms with Crippen molar-refractivity contribution in [1.29, 1.82) is 0 Å². The van der Waals surface area contributed by atoms with Gasteiger partial charge in [-0.05, 0) is 18.1 Å². The summed E-state index contributed by atoms with van der Waals surface area (Å²) in [6, 6.07) is 7.15. The minimum absolute atomic E-state index is 0.171. The van der Waals surface area contributed by atoms with Crippen molar-refractivity contribution in [2.75, 3.05) is 32.0 Å². The van der Waals surface area contributed by atoms with Gasteiger partial charge in [-0.2, -0.15) is 0 Å². The van der Waals surface area contributed by atoms with Crippen LogP contribution in [0.5, 0.6) is 0 Å². The molecule has 1 aromatic carbocycles. The number of benzene rings is 1. The van der Waals surface area contributed by atoms with Gasteiger partial charge in [-0.3, -0.25) is 4.90 Å². The Labute approximate surface area is 130 Å². The number of hydrogen-bond acceptors (Lipinski definition) is 4. The quantitative estimate of drug-likeness (QED) is 0.819. The van der Waals surface area contributed by atoms with Crippen LogP contribution in [0.2, 0.25) is 0 Å². The van der Waals surface area contributed by atoms with Gasteiger partial charge >= 0.3 is 5.97 Å². The molecule has 1 heterocycles. The molecule has 1 aliphatic heterocycles. The molecule has 0 spiro atoms. The van der Waals surface area contributed by atoms with Crippen LogP contribution < -0.4 is 0 Å². The fraction of sp³-hybridized carbons (Fsp3) is 0.562. The van der Waals surface area contributed by atoms with Crippen LogP contribution in [0.4, 0.5) is 0 Å². The van der Waals surface area contributed by atoms with Crippen LogP contribution in [0, 0.1) is 5.92 Å². The summed E-state index contributed by atoms with van der Waals surface area (Å²) < 4.78 is 5.80. The molecule has 0 aromatic heterocycles. The van der Waals surface area contributed by atoms with Gasteiger partial charge in [-0.15, -0.1) is 11.8 Å². The van der Waals surface area contributed by atoms with E-state index in [0.717, 1.165) is 36.9 Å². The van der Waals surface area contributed by atoms with Crippen molar-refractivity contribution in [3.05, 3.63) is 29.8 Å². The normalized spacial score (nSPS) is 19.9. The highest BCUT2D eigenvalue weighted by Crippen LogP contribution is 2.25. The van der Waals surface area contributed by atoms with Crippen molar-refractivity contribution in [1.82, 2.24) is 4.90 Å². The summed E-state index contributed by atoms with van der Waals surface area (Å²) in [5.74, 6) is 0.576. The molecule has 4 nitrogen and oxygen atoms in total. The number of ether oxygens (including phenoxy) is 1. The van der Waals surface area contributed by atoms with E-state index in [9.17, 15) is 9.90 Å². The van der Waals surface area contributed by atoms with Gasteiger partial charge in [0.1, 0.15) is 0 Å². The van der Waals surface area contributed by atoms with Crippen LogP contribution in [0.3, 0.4) is 0 Å². The molecule has 0 bridgehead atoms. The third-order valence-electron chi connectivity index (χ3n) is 3.39. The zero-order valence-electron chi connectivity index (χ0n) is 12.6. The Hall–Kier alpha value is -1.04. The molecule has 1 aliphatic rings. The maximum atomic E-state index is 11.2. The average molecular weight is 309 g/mol. The van der Waals surface area contributed by atoms with Crippen LogP contribution in [-0.4, -0.2) is 54.1 Å². The molecule has 21 heavy (non-hydrogen) atoms. The van der Waals surface area contributed by atoms with Gasteiger partial charge in [0.05, 0.1) is 18.3 Å². The van der Waals surface area contributed by atoms with Crippen molar-refractivity contribution in [3.63, 3.8) is 0 Å². The van der Waals surface area contributed by atoms with E-state index in [1.165, 1.54) is 0 Å². The largest absolute Gasteiger partial charge is 0.478 e. The molecule has 0 radical (unpaired) electrons. The molecule has 1 aromatic rings. The number of carboxylic acid groups (broad SMARTS) is 1. The molecule has 1 fully saturated rings. The van der Waals surface area contributed by atoms with Crippen molar-refractivity contribution >= 4 is 17.7 Å². The lowest BCUT2D eigenvalue weighted by Crippen LogP contribution is -2.44.